The Morgan fingerprint density at radius 1 is 0.947 bits per heavy atom. The van der Waals surface area contributed by atoms with Crippen molar-refractivity contribution in [2.24, 2.45) is 11.8 Å². The van der Waals surface area contributed by atoms with Crippen LogP contribution in [0.5, 0.6) is 0 Å². The van der Waals surface area contributed by atoms with Gasteiger partial charge in [0.15, 0.2) is 0 Å². The van der Waals surface area contributed by atoms with Crippen molar-refractivity contribution < 1.29 is 10.2 Å². The Balaban J connectivity index is 1.87. The van der Waals surface area contributed by atoms with E-state index in [0.717, 1.165) is 32.1 Å². The Bertz CT molecular complexity index is 397. The molecule has 0 heterocycles. The van der Waals surface area contributed by atoms with Crippen LogP contribution in [0.2, 0.25) is 0 Å². The fraction of sp³-hybridized carbons (Fsp3) is 0.529. The number of rotatable bonds is 6. The normalized spacial score (nSPS) is 23.2. The van der Waals surface area contributed by atoms with Gasteiger partial charge in [-0.3, -0.25) is 0 Å². The van der Waals surface area contributed by atoms with E-state index in [2.05, 4.69) is 30.3 Å². The molecule has 0 radical (unpaired) electrons. The van der Waals surface area contributed by atoms with E-state index >= 15 is 0 Å². The molecule has 2 N–H and O–H groups in total. The predicted molar refractivity (Wildman–Crippen MR) is 77.8 cm³/mol. The molecule has 2 heteroatoms. The van der Waals surface area contributed by atoms with E-state index < -0.39 is 0 Å². The molecule has 0 saturated carbocycles. The van der Waals surface area contributed by atoms with Crippen LogP contribution in [0.3, 0.4) is 0 Å². The van der Waals surface area contributed by atoms with E-state index in [-0.39, 0.29) is 13.2 Å². The minimum Gasteiger partial charge on any atom is -0.396 e. The van der Waals surface area contributed by atoms with E-state index in [1.54, 1.807) is 0 Å². The summed E-state index contributed by atoms with van der Waals surface area (Å²) in [4.78, 5) is 0. The van der Waals surface area contributed by atoms with Crippen LogP contribution in [0.4, 0.5) is 0 Å². The van der Waals surface area contributed by atoms with Crippen LogP contribution >= 0.6 is 0 Å². The molecule has 2 nitrogen and oxygen atoms in total. The highest BCUT2D eigenvalue weighted by molar-refractivity contribution is 5.16. The second-order valence-corrected chi connectivity index (χ2v) is 5.48. The third-order valence-electron chi connectivity index (χ3n) is 4.09. The zero-order chi connectivity index (χ0) is 13.5. The molecule has 19 heavy (non-hydrogen) atoms. The van der Waals surface area contributed by atoms with Crippen LogP contribution in [0.25, 0.3) is 0 Å². The summed E-state index contributed by atoms with van der Waals surface area (Å²) in [5, 5.41) is 18.7. The summed E-state index contributed by atoms with van der Waals surface area (Å²) in [6.45, 7) is 0.482. The summed E-state index contributed by atoms with van der Waals surface area (Å²) in [6, 6.07) is 10.5. The largest absolute Gasteiger partial charge is 0.396 e. The highest BCUT2D eigenvalue weighted by Crippen LogP contribution is 2.31. The molecule has 0 fully saturated rings. The lowest BCUT2D eigenvalue weighted by atomic mass is 9.81. The SMILES string of the molecule is OC[C@H]1C=C(CCCc2ccccc2)[C@@H](CO)CC1. The summed E-state index contributed by atoms with van der Waals surface area (Å²) in [6.07, 6.45) is 7.46. The molecule has 0 bridgehead atoms. The van der Waals surface area contributed by atoms with Gasteiger partial charge in [-0.1, -0.05) is 42.0 Å². The van der Waals surface area contributed by atoms with E-state index in [0.29, 0.717) is 11.8 Å². The fourth-order valence-electron chi connectivity index (χ4n) is 2.90. The molecule has 0 saturated heterocycles. The lowest BCUT2D eigenvalue weighted by Crippen LogP contribution is -2.19. The van der Waals surface area contributed by atoms with E-state index in [9.17, 15) is 10.2 Å². The molecule has 1 aromatic rings. The van der Waals surface area contributed by atoms with Crippen LogP contribution in [0.15, 0.2) is 42.0 Å². The van der Waals surface area contributed by atoms with Gasteiger partial charge in [-0.25, -0.2) is 0 Å². The lowest BCUT2D eigenvalue weighted by molar-refractivity contribution is 0.196. The third-order valence-corrected chi connectivity index (χ3v) is 4.09. The van der Waals surface area contributed by atoms with Crippen molar-refractivity contribution in [1.29, 1.82) is 0 Å². The zero-order valence-electron chi connectivity index (χ0n) is 11.5. The summed E-state index contributed by atoms with van der Waals surface area (Å²) in [5.74, 6) is 0.619. The van der Waals surface area contributed by atoms with Crippen molar-refractivity contribution in [2.75, 3.05) is 13.2 Å². The summed E-state index contributed by atoms with van der Waals surface area (Å²) in [5.41, 5.74) is 2.72. The maximum atomic E-state index is 9.43. The Morgan fingerprint density at radius 2 is 1.74 bits per heavy atom. The van der Waals surface area contributed by atoms with Crippen LogP contribution < -0.4 is 0 Å². The highest BCUT2D eigenvalue weighted by atomic mass is 16.3. The molecule has 0 amide bonds. The van der Waals surface area contributed by atoms with Crippen molar-refractivity contribution in [1.82, 2.24) is 0 Å². The highest BCUT2D eigenvalue weighted by Gasteiger charge is 2.21. The second-order valence-electron chi connectivity index (χ2n) is 5.48. The van der Waals surface area contributed by atoms with Gasteiger partial charge in [-0.2, -0.15) is 0 Å². The van der Waals surface area contributed by atoms with Crippen molar-refractivity contribution in [3.63, 3.8) is 0 Å². The molecule has 2 rings (SSSR count). The topological polar surface area (TPSA) is 40.5 Å². The Hall–Kier alpha value is -1.12. The number of hydrogen-bond acceptors (Lipinski definition) is 2. The summed E-state index contributed by atoms with van der Waals surface area (Å²) >= 11 is 0. The van der Waals surface area contributed by atoms with Crippen molar-refractivity contribution in [3.05, 3.63) is 47.5 Å². The Morgan fingerprint density at radius 3 is 2.42 bits per heavy atom. The number of benzene rings is 1. The minimum atomic E-state index is 0.236. The smallest absolute Gasteiger partial charge is 0.0496 e. The molecule has 0 aromatic heterocycles. The minimum absolute atomic E-state index is 0.236. The summed E-state index contributed by atoms with van der Waals surface area (Å²) in [7, 11) is 0. The number of aryl methyl sites for hydroxylation is 1. The first-order chi connectivity index (χ1) is 9.33. The molecule has 0 spiro atoms. The Kier molecular flexibility index (Phi) is 5.62. The van der Waals surface area contributed by atoms with Crippen LogP contribution in [0, 0.1) is 11.8 Å². The van der Waals surface area contributed by atoms with E-state index in [1.807, 2.05) is 6.07 Å². The van der Waals surface area contributed by atoms with Crippen LogP contribution in [-0.2, 0) is 6.42 Å². The average Bonchev–Trinajstić information content (AvgIpc) is 2.48. The molecule has 1 aliphatic carbocycles. The van der Waals surface area contributed by atoms with Crippen molar-refractivity contribution >= 4 is 0 Å². The molecule has 0 aliphatic heterocycles. The van der Waals surface area contributed by atoms with Gasteiger partial charge in [0.25, 0.3) is 0 Å². The van der Waals surface area contributed by atoms with Gasteiger partial charge >= 0.3 is 0 Å². The molecule has 0 unspecified atom stereocenters. The van der Waals surface area contributed by atoms with Crippen LogP contribution in [0.1, 0.15) is 31.2 Å². The lowest BCUT2D eigenvalue weighted by Gasteiger charge is -2.27. The fourth-order valence-corrected chi connectivity index (χ4v) is 2.90. The molecular formula is C17H24O2. The molecule has 1 aromatic carbocycles. The third kappa shape index (κ3) is 4.19. The predicted octanol–water partition coefficient (Wildman–Crippen LogP) is 2.95. The molecule has 2 atom stereocenters. The monoisotopic (exact) mass is 260 g/mol. The quantitative estimate of drug-likeness (QED) is 0.772. The van der Waals surface area contributed by atoms with E-state index in [4.69, 9.17) is 0 Å². The first-order valence-electron chi connectivity index (χ1n) is 7.29. The van der Waals surface area contributed by atoms with Crippen molar-refractivity contribution in [2.45, 2.75) is 32.1 Å². The van der Waals surface area contributed by atoms with Gasteiger partial charge in [0.05, 0.1) is 0 Å². The standard InChI is InChI=1S/C17H24O2/c18-12-15-9-10-17(13-19)16(11-15)8-4-7-14-5-2-1-3-6-14/h1-3,5-6,11,15,17-19H,4,7-10,12-13H2/t15-,17-/m1/s1. The van der Waals surface area contributed by atoms with Gasteiger partial charge in [0, 0.05) is 25.0 Å². The average molecular weight is 260 g/mol. The Labute approximate surface area is 115 Å². The summed E-state index contributed by atoms with van der Waals surface area (Å²) < 4.78 is 0. The van der Waals surface area contributed by atoms with E-state index in [1.165, 1.54) is 11.1 Å². The van der Waals surface area contributed by atoms with Crippen molar-refractivity contribution in [3.8, 4) is 0 Å². The molecular weight excluding hydrogens is 236 g/mol. The number of aliphatic hydroxyl groups is 2. The second kappa shape index (κ2) is 7.46. The van der Waals surface area contributed by atoms with Gasteiger partial charge in [-0.15, -0.1) is 0 Å². The first kappa shape index (κ1) is 14.3. The molecule has 104 valence electrons. The maximum absolute atomic E-state index is 9.43. The number of hydrogen-bond donors (Lipinski definition) is 2. The number of aliphatic hydroxyl groups excluding tert-OH is 2. The zero-order valence-corrected chi connectivity index (χ0v) is 11.5. The van der Waals surface area contributed by atoms with Gasteiger partial charge in [-0.05, 0) is 37.7 Å². The van der Waals surface area contributed by atoms with Gasteiger partial charge in [0.2, 0.25) is 0 Å². The first-order valence-corrected chi connectivity index (χ1v) is 7.29. The maximum Gasteiger partial charge on any atom is 0.0496 e. The molecule has 1 aliphatic rings. The van der Waals surface area contributed by atoms with Gasteiger partial charge in [0.1, 0.15) is 0 Å². The van der Waals surface area contributed by atoms with Crippen LogP contribution in [-0.4, -0.2) is 23.4 Å². The van der Waals surface area contributed by atoms with Gasteiger partial charge < -0.3 is 10.2 Å².